The van der Waals surface area contributed by atoms with E-state index in [0.29, 0.717) is 29.2 Å². The number of esters is 1. The first kappa shape index (κ1) is 41.9. The molecule has 314 valence electrons. The van der Waals surface area contributed by atoms with Crippen LogP contribution in [-0.2, 0) is 43.2 Å². The second kappa shape index (κ2) is 17.2. The molecule has 5 aliphatic rings. The summed E-state index contributed by atoms with van der Waals surface area (Å²) in [5, 5.41) is 28.2. The Balaban J connectivity index is 1.01. The van der Waals surface area contributed by atoms with Gasteiger partial charge in [-0.1, -0.05) is 10.3 Å². The molecule has 0 bridgehead atoms. The Morgan fingerprint density at radius 2 is 1.69 bits per heavy atom. The number of nitrogens with one attached hydrogen (secondary N) is 3. The number of amides is 4. The molecule has 2 aromatic heterocycles. The van der Waals surface area contributed by atoms with Gasteiger partial charge in [-0.15, -0.1) is 46.2 Å². The van der Waals surface area contributed by atoms with E-state index < -0.39 is 58.4 Å². The van der Waals surface area contributed by atoms with Crippen molar-refractivity contribution in [1.29, 1.82) is 0 Å². The Hall–Kier alpha value is -5.24. The van der Waals surface area contributed by atoms with Crippen LogP contribution in [0.1, 0.15) is 24.2 Å². The van der Waals surface area contributed by atoms with Crippen LogP contribution in [-0.4, -0.2) is 160 Å². The molecular formula is C34H40N11O10S4+. The summed E-state index contributed by atoms with van der Waals surface area (Å²) in [5.41, 5.74) is 7.06. The predicted octanol–water partition coefficient (Wildman–Crippen LogP) is -0.517. The summed E-state index contributed by atoms with van der Waals surface area (Å²) in [6, 6.07) is -2.30. The third-order valence-electron chi connectivity index (χ3n) is 10.2. The maximum Gasteiger partial charge on any atom is 0.352 e. The topological polar surface area (TPSA) is 269 Å². The highest BCUT2D eigenvalue weighted by Crippen LogP contribution is 2.41. The van der Waals surface area contributed by atoms with Crippen molar-refractivity contribution >= 4 is 103 Å². The van der Waals surface area contributed by atoms with Crippen LogP contribution < -0.4 is 26.6 Å². The van der Waals surface area contributed by atoms with Gasteiger partial charge in [0.25, 0.3) is 23.6 Å². The van der Waals surface area contributed by atoms with Gasteiger partial charge in [0.2, 0.25) is 0 Å². The Morgan fingerprint density at radius 1 is 1.02 bits per heavy atom. The second-order valence-electron chi connectivity index (χ2n) is 14.1. The smallest absolute Gasteiger partial charge is 0.352 e. The van der Waals surface area contributed by atoms with Gasteiger partial charge in [-0.05, 0) is 5.57 Å². The second-order valence-corrected chi connectivity index (χ2v) is 18.1. The van der Waals surface area contributed by atoms with Crippen molar-refractivity contribution in [3.63, 3.8) is 0 Å². The lowest BCUT2D eigenvalue weighted by Gasteiger charge is -2.49. The first-order valence-electron chi connectivity index (χ1n) is 18.0. The van der Waals surface area contributed by atoms with Gasteiger partial charge < -0.3 is 45.7 Å². The number of rotatable bonds is 14. The number of hydrogen-bond acceptors (Lipinski definition) is 19. The summed E-state index contributed by atoms with van der Waals surface area (Å²) < 4.78 is 5.71. The first-order chi connectivity index (χ1) is 28.3. The van der Waals surface area contributed by atoms with Crippen LogP contribution in [0, 0.1) is 0 Å². The lowest BCUT2D eigenvalue weighted by molar-refractivity contribution is -0.893. The Bertz CT molecular complexity index is 2210. The van der Waals surface area contributed by atoms with Crippen molar-refractivity contribution in [3.8, 4) is 0 Å². The highest BCUT2D eigenvalue weighted by molar-refractivity contribution is 8.00. The van der Waals surface area contributed by atoms with Gasteiger partial charge in [-0.3, -0.25) is 29.0 Å². The Kier molecular flexibility index (Phi) is 12.2. The van der Waals surface area contributed by atoms with E-state index in [2.05, 4.69) is 43.3 Å². The molecule has 0 aliphatic carbocycles. The van der Waals surface area contributed by atoms with Crippen LogP contribution in [0.3, 0.4) is 0 Å². The molecule has 4 atom stereocenters. The number of β-lactam (4-membered cyclic amide) rings is 1. The summed E-state index contributed by atoms with van der Waals surface area (Å²) in [6.45, 7) is 2.56. The minimum Gasteiger partial charge on any atom is -0.477 e. The zero-order valence-electron chi connectivity index (χ0n) is 32.1. The van der Waals surface area contributed by atoms with E-state index in [-0.39, 0.29) is 51.0 Å². The molecule has 2 aromatic rings. The first-order valence-corrected chi connectivity index (χ1v) is 21.9. The number of aromatic nitrogens is 2. The normalized spacial score (nSPS) is 23.2. The van der Waals surface area contributed by atoms with Crippen molar-refractivity contribution < 1.29 is 52.8 Å². The molecule has 25 heteroatoms. The summed E-state index contributed by atoms with van der Waals surface area (Å²) in [5.74, 6) is -3.83. The Labute approximate surface area is 353 Å². The lowest BCUT2D eigenvalue weighted by Crippen LogP contribution is -2.71. The summed E-state index contributed by atoms with van der Waals surface area (Å²) >= 11 is 4.81. The van der Waals surface area contributed by atoms with Crippen LogP contribution in [0.15, 0.2) is 43.6 Å². The number of carbonyl (C=O) groups is 6. The molecule has 2 fully saturated rings. The molecule has 7 heterocycles. The quantitative estimate of drug-likeness (QED) is 0.0525. The molecule has 0 spiro atoms. The number of carboxylic acid groups (broad SMARTS) is 1. The van der Waals surface area contributed by atoms with Gasteiger partial charge in [0.1, 0.15) is 60.3 Å². The Morgan fingerprint density at radius 3 is 2.34 bits per heavy atom. The fourth-order valence-corrected chi connectivity index (χ4v) is 11.3. The summed E-state index contributed by atoms with van der Waals surface area (Å²) in [6.07, 6.45) is 2.13. The number of aliphatic carboxylic acids is 1. The SMILES string of the molecule is CO/N=C(/C(=O)N[C@H](C(=O)OC)[C@@H]1NC2=C(CS1)CN(c1nc(/C(=N\OC)C(=O)N[C@@H]3C(=O)N4C(C(=O)O)=C(C[N+]5(C)CCCC5)CS[C@H]34)cs1)C2=O)c1csc(N)n1. The maximum absolute atomic E-state index is 13.8. The van der Waals surface area contributed by atoms with Crippen molar-refractivity contribution in [1.82, 2.24) is 30.8 Å². The minimum absolute atomic E-state index is 0.0231. The number of hydrogen-bond donors (Lipinski definition) is 5. The maximum atomic E-state index is 13.8. The number of thioether (sulfide) groups is 2. The lowest BCUT2D eigenvalue weighted by atomic mass is 10.0. The number of thiazole rings is 2. The van der Waals surface area contributed by atoms with Crippen LogP contribution in [0.2, 0.25) is 0 Å². The van der Waals surface area contributed by atoms with Crippen LogP contribution >= 0.6 is 46.2 Å². The number of methoxy groups -OCH3 is 1. The standard InChI is InChI=1S/C34H39N11O10S4/c1-45(7-5-6-8-45)10-16-12-57-30-23(29(49)44(30)24(16)31(50)51)39-26(47)21(42-55-4)18-14-59-34(37-18)43-9-15-11-56-27(40-19(15)28(43)48)22(32(52)53-2)38-25(46)20(41-54-3)17-13-58-33(35)36-17/h13-14,22-23,27,30,40H,5-12H2,1-4H3,(H4-,35,36,38,39,46,47,50,51)/p+1/b41-20+,42-21+/t22-,23+,27+,30+/m0/s1. The molecular weight excluding hydrogens is 851 g/mol. The van der Waals surface area contributed by atoms with Crippen molar-refractivity contribution in [2.45, 2.75) is 35.7 Å². The van der Waals surface area contributed by atoms with E-state index in [1.54, 1.807) is 0 Å². The average Bonchev–Trinajstić information content (AvgIpc) is 4.04. The third kappa shape index (κ3) is 8.20. The molecule has 0 saturated carbocycles. The van der Waals surface area contributed by atoms with Gasteiger partial charge >= 0.3 is 11.9 Å². The molecule has 0 radical (unpaired) electrons. The molecule has 4 amide bonds. The van der Waals surface area contributed by atoms with E-state index in [1.807, 2.05) is 0 Å². The molecule has 7 rings (SSSR count). The van der Waals surface area contributed by atoms with Gasteiger partial charge in [-0.25, -0.2) is 19.6 Å². The fraction of sp³-hybridized carbons (Fsp3) is 0.471. The number of oxime groups is 2. The predicted molar refractivity (Wildman–Crippen MR) is 218 cm³/mol. The van der Waals surface area contributed by atoms with E-state index in [0.717, 1.165) is 53.1 Å². The minimum atomic E-state index is -1.28. The van der Waals surface area contributed by atoms with E-state index in [1.165, 1.54) is 65.4 Å². The molecule has 0 aromatic carbocycles. The van der Waals surface area contributed by atoms with E-state index in [4.69, 9.17) is 20.1 Å². The van der Waals surface area contributed by atoms with Gasteiger partial charge in [0, 0.05) is 40.7 Å². The van der Waals surface area contributed by atoms with Crippen molar-refractivity contribution in [3.05, 3.63) is 44.7 Å². The highest BCUT2D eigenvalue weighted by atomic mass is 32.2. The summed E-state index contributed by atoms with van der Waals surface area (Å²) in [4.78, 5) is 101. The molecule has 6 N–H and O–H groups in total. The number of likely N-dealkylation sites (tertiary alicyclic amines) is 1. The van der Waals surface area contributed by atoms with Crippen LogP contribution in [0.4, 0.5) is 10.3 Å². The number of carboxylic acids is 1. The number of nitrogens with two attached hydrogens (primary N) is 1. The summed E-state index contributed by atoms with van der Waals surface area (Å²) in [7, 11) is 5.76. The number of quaternary nitrogens is 1. The molecule has 21 nitrogen and oxygen atoms in total. The zero-order chi connectivity index (χ0) is 42.2. The van der Waals surface area contributed by atoms with Crippen LogP contribution in [0.25, 0.3) is 0 Å². The number of nitrogen functional groups attached to an aromatic ring is 1. The number of likely N-dealkylation sites (N-methyl/N-ethyl adjacent to an activating group) is 1. The monoisotopic (exact) mass is 890 g/mol. The van der Waals surface area contributed by atoms with Crippen LogP contribution in [0.5, 0.6) is 0 Å². The number of nitrogens with zero attached hydrogens (tertiary/aromatic N) is 7. The van der Waals surface area contributed by atoms with Gasteiger partial charge in [0.05, 0.1) is 33.8 Å². The highest BCUT2D eigenvalue weighted by Gasteiger charge is 2.55. The zero-order valence-corrected chi connectivity index (χ0v) is 35.3. The number of carbonyl (C=O) groups excluding carboxylic acids is 5. The van der Waals surface area contributed by atoms with Gasteiger partial charge in [0.15, 0.2) is 27.7 Å². The van der Waals surface area contributed by atoms with E-state index >= 15 is 0 Å². The van der Waals surface area contributed by atoms with Gasteiger partial charge in [-0.2, -0.15) is 0 Å². The van der Waals surface area contributed by atoms with Crippen molar-refractivity contribution in [2.24, 2.45) is 10.3 Å². The molecule has 0 unspecified atom stereocenters. The average molecular weight is 891 g/mol. The largest absolute Gasteiger partial charge is 0.477 e. The number of ether oxygens (including phenoxy) is 1. The van der Waals surface area contributed by atoms with E-state index in [9.17, 15) is 33.9 Å². The molecule has 5 aliphatic heterocycles. The molecule has 59 heavy (non-hydrogen) atoms. The fourth-order valence-electron chi connectivity index (χ4n) is 7.43. The molecule has 2 saturated heterocycles. The number of fused-ring (bicyclic) bond motifs is 1. The third-order valence-corrected chi connectivity index (χ3v) is 14.4. The number of anilines is 2. The van der Waals surface area contributed by atoms with Crippen molar-refractivity contribution in [2.75, 3.05) is 76.7 Å².